The molecule has 0 radical (unpaired) electrons. The van der Waals surface area contributed by atoms with E-state index >= 15 is 0 Å². The molecule has 0 aliphatic heterocycles. The van der Waals surface area contributed by atoms with Gasteiger partial charge in [-0.25, -0.2) is 24.9 Å². The van der Waals surface area contributed by atoms with Crippen molar-refractivity contribution in [3.05, 3.63) is 94.8 Å². The second-order valence-corrected chi connectivity index (χ2v) is 19.3. The molecule has 22 nitrogen and oxygen atoms in total. The lowest BCUT2D eigenvalue weighted by atomic mass is 9.82. The third kappa shape index (κ3) is 20.2. The van der Waals surface area contributed by atoms with E-state index in [-0.39, 0.29) is 37.1 Å². The number of carbonyl (C=O) groups excluding carboxylic acids is 5. The van der Waals surface area contributed by atoms with Crippen LogP contribution >= 0.6 is 0 Å². The zero-order chi connectivity index (χ0) is 66.8. The molecule has 2 unspecified atom stereocenters. The highest BCUT2D eigenvalue weighted by Crippen LogP contribution is 2.34. The van der Waals surface area contributed by atoms with Crippen LogP contribution in [0.1, 0.15) is 190 Å². The predicted octanol–water partition coefficient (Wildman–Crippen LogP) is 12.0. The number of benzene rings is 1. The maximum Gasteiger partial charge on any atom is 0.267 e. The minimum absolute atomic E-state index is 0.0603. The van der Waals surface area contributed by atoms with E-state index in [1.165, 1.54) is 11.9 Å². The van der Waals surface area contributed by atoms with Crippen molar-refractivity contribution in [2.24, 2.45) is 16.9 Å². The number of hydrogen-bond donors (Lipinski definition) is 4. The Hall–Kier alpha value is -8.11. The molecule has 0 aliphatic carbocycles. The fourth-order valence-electron chi connectivity index (χ4n) is 9.59. The summed E-state index contributed by atoms with van der Waals surface area (Å²) >= 11 is 0. The summed E-state index contributed by atoms with van der Waals surface area (Å²) in [7, 11) is 4.99. The molecular weight excluding hydrogens is 1120 g/mol. The van der Waals surface area contributed by atoms with Crippen LogP contribution in [0.2, 0.25) is 0 Å². The lowest BCUT2D eigenvalue weighted by Gasteiger charge is -2.35. The van der Waals surface area contributed by atoms with Crippen molar-refractivity contribution in [2.45, 2.75) is 189 Å². The standard InChI is InChI=1S/C50H66N12O6.C7H9NO2.4C2H6.CH5N/c1-10-14-20-50(7,19-11-2)48(67)59(41(64)12-3)24-18-42(65)58(9)21-17-25-68-40-28-34(31-63)27-37-44(40)61(49(52-8)55-37)23-16-15-22-60-43-33(6)54-38(45(51)66)29-35(43)36-30-53-46(56-47(36)60)39-26-32(5)57-62(39)13-4;1-3-6-7(4-9)10-5(2)8-6;5*1-2/h11,15-16,19,26-31,41,64H,10,12-14,17-18,20-25H2,1-9H3,(H2,51,66)(H,52,55);4H,3H2,1-2H3;4*1-2H3;2H2,1H3/b16-15+,19-11?;;;;;;. The maximum absolute atomic E-state index is 13.8. The van der Waals surface area contributed by atoms with E-state index in [4.69, 9.17) is 29.8 Å². The molecule has 6 heterocycles. The van der Waals surface area contributed by atoms with Gasteiger partial charge in [0.2, 0.25) is 17.8 Å². The largest absolute Gasteiger partial charge is 0.491 e. The van der Waals surface area contributed by atoms with Crippen molar-refractivity contribution in [2.75, 3.05) is 46.2 Å². The summed E-state index contributed by atoms with van der Waals surface area (Å²) in [6, 6.07) is 7.05. The number of fused-ring (bicyclic) bond motifs is 4. The number of nitrogens with two attached hydrogens (primary N) is 2. The molecule has 0 spiro atoms. The Kier molecular flexibility index (Phi) is 35.7. The lowest BCUT2D eigenvalue weighted by Crippen LogP contribution is -2.48. The summed E-state index contributed by atoms with van der Waals surface area (Å²) in [5.41, 5.74) is 15.7. The lowest BCUT2D eigenvalue weighted by molar-refractivity contribution is -0.150. The molecule has 6 aromatic heterocycles. The molecule has 22 heteroatoms. The Morgan fingerprint density at radius 2 is 1.51 bits per heavy atom. The first-order valence-corrected chi connectivity index (χ1v) is 31.2. The zero-order valence-electron chi connectivity index (χ0n) is 56.5. The monoisotopic (exact) mass is 1220 g/mol. The van der Waals surface area contributed by atoms with Gasteiger partial charge in [-0.2, -0.15) is 5.10 Å². The molecule has 3 amide bonds. The molecule has 88 heavy (non-hydrogen) atoms. The van der Waals surface area contributed by atoms with E-state index in [1.807, 2.05) is 143 Å². The quantitative estimate of drug-likeness (QED) is 0.0170. The minimum Gasteiger partial charge on any atom is -0.491 e. The number of amides is 3. The Bertz CT molecular complexity index is 3340. The van der Waals surface area contributed by atoms with Gasteiger partial charge in [-0.1, -0.05) is 113 Å². The van der Waals surface area contributed by atoms with Crippen LogP contribution in [0.25, 0.3) is 44.5 Å². The molecule has 486 valence electrons. The van der Waals surface area contributed by atoms with Crippen LogP contribution in [-0.2, 0) is 35.6 Å². The van der Waals surface area contributed by atoms with Gasteiger partial charge in [0.1, 0.15) is 40.8 Å². The first kappa shape index (κ1) is 77.9. The van der Waals surface area contributed by atoms with Gasteiger partial charge in [0.15, 0.2) is 23.8 Å². The molecule has 0 fully saturated rings. The van der Waals surface area contributed by atoms with Gasteiger partial charge in [0.05, 0.1) is 40.1 Å². The maximum atomic E-state index is 13.8. The Morgan fingerprint density at radius 1 is 0.852 bits per heavy atom. The van der Waals surface area contributed by atoms with E-state index in [0.717, 1.165) is 58.9 Å². The van der Waals surface area contributed by atoms with Gasteiger partial charge in [-0.3, -0.25) is 28.7 Å². The Morgan fingerprint density at radius 3 is 2.07 bits per heavy atom. The van der Waals surface area contributed by atoms with Crippen LogP contribution < -0.4 is 21.5 Å². The molecule has 0 saturated carbocycles. The van der Waals surface area contributed by atoms with Crippen molar-refractivity contribution in [1.29, 1.82) is 0 Å². The van der Waals surface area contributed by atoms with Gasteiger partial charge in [-0.05, 0) is 91.6 Å². The molecule has 0 bridgehead atoms. The fraction of sp³-hybridized carbons (Fsp3) is 0.530. The number of unbranched alkanes of at least 4 members (excludes halogenated alkanes) is 1. The number of anilines is 1. The number of nitrogens with one attached hydrogen (secondary N) is 1. The first-order valence-electron chi connectivity index (χ1n) is 31.2. The van der Waals surface area contributed by atoms with Crippen molar-refractivity contribution in [1.82, 2.24) is 53.6 Å². The number of primary amides is 1. The number of oxazole rings is 1. The fourth-order valence-corrected chi connectivity index (χ4v) is 9.59. The summed E-state index contributed by atoms with van der Waals surface area (Å²) < 4.78 is 17.2. The third-order valence-electron chi connectivity index (χ3n) is 13.6. The molecule has 1 aromatic carbocycles. The van der Waals surface area contributed by atoms with Crippen LogP contribution in [0.5, 0.6) is 5.75 Å². The average molecular weight is 1220 g/mol. The Labute approximate surface area is 522 Å². The number of nitrogens with zero attached hydrogens (tertiary/aromatic N) is 11. The van der Waals surface area contributed by atoms with Gasteiger partial charge < -0.3 is 50.0 Å². The molecule has 2 atom stereocenters. The van der Waals surface area contributed by atoms with Crippen LogP contribution in [0.3, 0.4) is 0 Å². The van der Waals surface area contributed by atoms with Gasteiger partial charge in [-0.15, -0.1) is 0 Å². The second-order valence-electron chi connectivity index (χ2n) is 19.3. The molecule has 0 saturated heterocycles. The number of imidazole rings is 1. The van der Waals surface area contributed by atoms with E-state index in [2.05, 4.69) is 37.6 Å². The van der Waals surface area contributed by atoms with Crippen molar-refractivity contribution >= 4 is 69.2 Å². The van der Waals surface area contributed by atoms with Gasteiger partial charge in [0, 0.05) is 82.7 Å². The highest BCUT2D eigenvalue weighted by molar-refractivity contribution is 6.09. The van der Waals surface area contributed by atoms with Crippen LogP contribution in [-0.4, -0.2) is 136 Å². The molecular formula is C66H104N14O8. The van der Waals surface area contributed by atoms with Crippen molar-refractivity contribution in [3.63, 3.8) is 0 Å². The number of pyridine rings is 1. The van der Waals surface area contributed by atoms with Crippen LogP contribution in [0, 0.1) is 26.2 Å². The van der Waals surface area contributed by atoms with Crippen molar-refractivity contribution in [3.8, 4) is 17.3 Å². The Balaban J connectivity index is 0.00000169. The predicted molar refractivity (Wildman–Crippen MR) is 356 cm³/mol. The number of aldehydes is 2. The number of rotatable bonds is 26. The number of allylic oxidation sites excluding steroid dienone is 3. The highest BCUT2D eigenvalue weighted by atomic mass is 16.5. The highest BCUT2D eigenvalue weighted by Gasteiger charge is 2.36. The summed E-state index contributed by atoms with van der Waals surface area (Å²) in [6.45, 7) is 35.3. The smallest absolute Gasteiger partial charge is 0.267 e. The summed E-state index contributed by atoms with van der Waals surface area (Å²) in [5.74, 6) is 1.50. The van der Waals surface area contributed by atoms with Gasteiger partial charge >= 0.3 is 0 Å². The number of aryl methyl sites for hydroxylation is 5. The summed E-state index contributed by atoms with van der Waals surface area (Å²) in [5, 5.41) is 20.1. The average Bonchev–Trinajstić information content (AvgIpc) is 1.74. The number of hydrogen-bond acceptors (Lipinski definition) is 16. The van der Waals surface area contributed by atoms with Crippen LogP contribution in [0.15, 0.2) is 59.2 Å². The number of aromatic nitrogens is 9. The van der Waals surface area contributed by atoms with E-state index < -0.39 is 17.6 Å². The molecule has 7 rings (SSSR count). The molecule has 0 aliphatic rings. The van der Waals surface area contributed by atoms with E-state index in [9.17, 15) is 29.1 Å². The topological polar surface area (TPSA) is 291 Å². The number of aliphatic hydroxyl groups is 1. The van der Waals surface area contributed by atoms with E-state index in [1.54, 1.807) is 50.3 Å². The summed E-state index contributed by atoms with van der Waals surface area (Å²) in [6.07, 6.45) is 14.1. The molecule has 6 N–H and O–H groups in total. The molecule has 7 aromatic rings. The first-order chi connectivity index (χ1) is 42.4. The van der Waals surface area contributed by atoms with Crippen molar-refractivity contribution < 1.29 is 38.2 Å². The van der Waals surface area contributed by atoms with E-state index in [0.29, 0.717) is 109 Å². The second kappa shape index (κ2) is 40.4. The number of aliphatic hydroxyl groups excluding tert-OH is 1. The number of carbonyl (C=O) groups is 5. The van der Waals surface area contributed by atoms with Gasteiger partial charge in [0.25, 0.3) is 5.91 Å². The number of ether oxygens (including phenoxy) is 1. The third-order valence-corrected chi connectivity index (χ3v) is 13.6. The minimum atomic E-state index is -0.996. The summed E-state index contributed by atoms with van der Waals surface area (Å²) in [4.78, 5) is 87.9. The SMILES string of the molecule is CC.CC.CC.CC.CC=CC(C)(CCCC)C(=O)N(CCC(=O)N(C)CCCOc1cc(C=O)cc2nc(NC)n(C/C=C/Cn3c4nc(-c5cc(C)nn5CC)ncc4c4cc(C(N)=O)nc(C)c43)c12)C(O)CC.CCc1nc(C)oc1C=O.CN. The zero-order valence-corrected chi connectivity index (χ0v) is 56.5. The van der Waals surface area contributed by atoms with Crippen LogP contribution in [0.4, 0.5) is 5.95 Å². The normalized spacial score (nSPS) is 11.7.